The Morgan fingerprint density at radius 2 is 1.89 bits per heavy atom. The summed E-state index contributed by atoms with van der Waals surface area (Å²) in [5.41, 5.74) is -2.09. The summed E-state index contributed by atoms with van der Waals surface area (Å²) in [4.78, 5) is 39.4. The summed E-state index contributed by atoms with van der Waals surface area (Å²) in [5, 5.41) is 23.3. The lowest BCUT2D eigenvalue weighted by molar-refractivity contribution is -0.152. The molecule has 3 rings (SSSR count). The highest BCUT2D eigenvalue weighted by molar-refractivity contribution is 6.10. The van der Waals surface area contributed by atoms with E-state index in [-0.39, 0.29) is 11.5 Å². The third-order valence-electron chi connectivity index (χ3n) is 5.49. The molecule has 27 heavy (non-hydrogen) atoms. The number of rotatable bonds is 3. The third kappa shape index (κ3) is 2.58. The van der Waals surface area contributed by atoms with E-state index in [4.69, 9.17) is 4.74 Å². The van der Waals surface area contributed by atoms with Crippen LogP contribution in [-0.4, -0.2) is 51.1 Å². The number of aliphatic carboxylic acids is 1. The van der Waals surface area contributed by atoms with Crippen molar-refractivity contribution in [2.75, 3.05) is 7.11 Å². The van der Waals surface area contributed by atoms with Crippen molar-refractivity contribution in [2.45, 2.75) is 44.8 Å². The van der Waals surface area contributed by atoms with E-state index in [9.17, 15) is 24.6 Å². The predicted molar refractivity (Wildman–Crippen MR) is 95.2 cm³/mol. The number of carbonyl (C=O) groups is 3. The van der Waals surface area contributed by atoms with Crippen LogP contribution in [0.4, 0.5) is 0 Å². The van der Waals surface area contributed by atoms with E-state index in [1.165, 1.54) is 14.0 Å². The van der Waals surface area contributed by atoms with Gasteiger partial charge >= 0.3 is 5.97 Å². The number of carboxylic acid groups (broad SMARTS) is 1. The Morgan fingerprint density at radius 3 is 2.41 bits per heavy atom. The molecular weight excluding hydrogens is 352 g/mol. The molecule has 2 saturated heterocycles. The molecule has 3 N–H and O–H groups in total. The molecule has 2 aliphatic rings. The van der Waals surface area contributed by atoms with E-state index < -0.39 is 46.7 Å². The largest absolute Gasteiger partial charge is 0.504 e. The molecule has 2 heterocycles. The van der Waals surface area contributed by atoms with Crippen molar-refractivity contribution in [3.63, 3.8) is 0 Å². The summed E-state index contributed by atoms with van der Waals surface area (Å²) in [6, 6.07) is 3.96. The van der Waals surface area contributed by atoms with Gasteiger partial charge in [0.2, 0.25) is 11.8 Å². The van der Waals surface area contributed by atoms with Gasteiger partial charge in [0.05, 0.1) is 18.9 Å². The van der Waals surface area contributed by atoms with Crippen molar-refractivity contribution in [3.8, 4) is 11.5 Å². The van der Waals surface area contributed by atoms with Crippen LogP contribution in [0.15, 0.2) is 18.2 Å². The highest BCUT2D eigenvalue weighted by Gasteiger charge is 2.68. The summed E-state index contributed by atoms with van der Waals surface area (Å²) < 4.78 is 5.12. The summed E-state index contributed by atoms with van der Waals surface area (Å²) in [6.07, 6.45) is 0. The molecule has 0 aliphatic carbocycles. The zero-order valence-corrected chi connectivity index (χ0v) is 15.9. The third-order valence-corrected chi connectivity index (χ3v) is 5.49. The van der Waals surface area contributed by atoms with Gasteiger partial charge in [-0.2, -0.15) is 0 Å². The van der Waals surface area contributed by atoms with Gasteiger partial charge in [-0.15, -0.1) is 0 Å². The maximum atomic E-state index is 13.2. The van der Waals surface area contributed by atoms with Gasteiger partial charge in [0, 0.05) is 17.1 Å². The fraction of sp³-hybridized carbons (Fsp3) is 0.526. The number of hydrogen-bond donors (Lipinski definition) is 3. The SMILES string of the molecule is COc1cccc(C2NC(C)(C(=O)O)C3C(=O)N(C(C)(C)C)C(=O)C23)c1O. The lowest BCUT2D eigenvalue weighted by atomic mass is 9.80. The van der Waals surface area contributed by atoms with Crippen molar-refractivity contribution in [1.29, 1.82) is 0 Å². The number of carbonyl (C=O) groups excluding carboxylic acids is 2. The predicted octanol–water partition coefficient (Wildman–Crippen LogP) is 1.29. The Morgan fingerprint density at radius 1 is 1.26 bits per heavy atom. The quantitative estimate of drug-likeness (QED) is 0.681. The lowest BCUT2D eigenvalue weighted by Crippen LogP contribution is -2.55. The zero-order valence-electron chi connectivity index (χ0n) is 15.9. The molecule has 1 aromatic carbocycles. The molecule has 146 valence electrons. The highest BCUT2D eigenvalue weighted by atomic mass is 16.5. The molecule has 4 unspecified atom stereocenters. The van der Waals surface area contributed by atoms with E-state index in [0.29, 0.717) is 5.56 Å². The second-order valence-electron chi connectivity index (χ2n) is 8.21. The molecule has 8 nitrogen and oxygen atoms in total. The van der Waals surface area contributed by atoms with Crippen molar-refractivity contribution >= 4 is 17.8 Å². The zero-order chi connectivity index (χ0) is 20.3. The number of para-hydroxylation sites is 1. The molecule has 2 fully saturated rings. The van der Waals surface area contributed by atoms with Gasteiger partial charge in [0.25, 0.3) is 0 Å². The van der Waals surface area contributed by atoms with Crippen LogP contribution >= 0.6 is 0 Å². The number of phenolic OH excluding ortho intramolecular Hbond substituents is 1. The number of nitrogens with one attached hydrogen (secondary N) is 1. The van der Waals surface area contributed by atoms with E-state index in [1.54, 1.807) is 39.0 Å². The normalized spacial score (nSPS) is 30.6. The van der Waals surface area contributed by atoms with Crippen LogP contribution in [-0.2, 0) is 14.4 Å². The molecule has 0 spiro atoms. The summed E-state index contributed by atoms with van der Waals surface area (Å²) >= 11 is 0. The first-order valence-corrected chi connectivity index (χ1v) is 8.70. The number of phenols is 1. The van der Waals surface area contributed by atoms with Crippen molar-refractivity contribution in [2.24, 2.45) is 11.8 Å². The average molecular weight is 376 g/mol. The molecule has 0 bridgehead atoms. The molecule has 2 aliphatic heterocycles. The molecule has 0 radical (unpaired) electrons. The smallest absolute Gasteiger partial charge is 0.324 e. The first-order chi connectivity index (χ1) is 12.4. The first kappa shape index (κ1) is 19.2. The lowest BCUT2D eigenvalue weighted by Gasteiger charge is -2.34. The number of amides is 2. The van der Waals surface area contributed by atoms with Crippen molar-refractivity contribution < 1.29 is 29.3 Å². The molecule has 2 amide bonds. The van der Waals surface area contributed by atoms with Gasteiger partial charge in [0.1, 0.15) is 5.54 Å². The van der Waals surface area contributed by atoms with E-state index in [2.05, 4.69) is 5.32 Å². The number of benzene rings is 1. The molecular formula is C19H24N2O6. The van der Waals surface area contributed by atoms with E-state index in [1.807, 2.05) is 0 Å². The Kier molecular flexibility index (Phi) is 4.22. The Labute approximate surface area is 157 Å². The number of carboxylic acids is 1. The molecule has 8 heteroatoms. The topological polar surface area (TPSA) is 116 Å². The second kappa shape index (κ2) is 5.95. The monoisotopic (exact) mass is 376 g/mol. The van der Waals surface area contributed by atoms with E-state index in [0.717, 1.165) is 4.90 Å². The maximum absolute atomic E-state index is 13.2. The van der Waals surface area contributed by atoms with E-state index >= 15 is 0 Å². The minimum atomic E-state index is -1.64. The Hall–Kier alpha value is -2.61. The number of likely N-dealkylation sites (tertiary alicyclic amines) is 1. The number of methoxy groups -OCH3 is 1. The van der Waals surface area contributed by atoms with Crippen LogP contribution in [0.3, 0.4) is 0 Å². The van der Waals surface area contributed by atoms with Crippen LogP contribution in [0.1, 0.15) is 39.3 Å². The Balaban J connectivity index is 2.18. The molecule has 0 saturated carbocycles. The van der Waals surface area contributed by atoms with Gasteiger partial charge in [0.15, 0.2) is 11.5 Å². The maximum Gasteiger partial charge on any atom is 0.324 e. The van der Waals surface area contributed by atoms with Crippen LogP contribution < -0.4 is 10.1 Å². The molecule has 4 atom stereocenters. The van der Waals surface area contributed by atoms with Gasteiger partial charge in [-0.25, -0.2) is 0 Å². The molecule has 0 aromatic heterocycles. The van der Waals surface area contributed by atoms with Crippen LogP contribution in [0.2, 0.25) is 0 Å². The fourth-order valence-corrected chi connectivity index (χ4v) is 4.22. The van der Waals surface area contributed by atoms with Gasteiger partial charge in [-0.3, -0.25) is 24.6 Å². The number of aromatic hydroxyl groups is 1. The van der Waals surface area contributed by atoms with Crippen molar-refractivity contribution in [1.82, 2.24) is 10.2 Å². The van der Waals surface area contributed by atoms with Gasteiger partial charge in [-0.1, -0.05) is 12.1 Å². The summed E-state index contributed by atoms with van der Waals surface area (Å²) in [6.45, 7) is 6.59. The second-order valence-corrected chi connectivity index (χ2v) is 8.21. The fourth-order valence-electron chi connectivity index (χ4n) is 4.22. The van der Waals surface area contributed by atoms with Crippen LogP contribution in [0.25, 0.3) is 0 Å². The van der Waals surface area contributed by atoms with Gasteiger partial charge in [-0.05, 0) is 33.8 Å². The highest BCUT2D eigenvalue weighted by Crippen LogP contribution is 2.52. The molecule has 1 aromatic rings. The number of nitrogens with zero attached hydrogens (tertiary/aromatic N) is 1. The number of imide groups is 1. The van der Waals surface area contributed by atoms with Crippen LogP contribution in [0, 0.1) is 11.8 Å². The average Bonchev–Trinajstić information content (AvgIpc) is 3.02. The van der Waals surface area contributed by atoms with Gasteiger partial charge < -0.3 is 14.9 Å². The first-order valence-electron chi connectivity index (χ1n) is 8.70. The minimum absolute atomic E-state index is 0.180. The Bertz CT molecular complexity index is 830. The van der Waals surface area contributed by atoms with Crippen LogP contribution in [0.5, 0.6) is 11.5 Å². The standard InChI is InChI=1S/C19H24N2O6/c1-18(2,3)21-15(23)11-12(16(21)24)19(4,17(25)26)20-13(11)9-7-6-8-10(27-5)14(9)22/h6-8,11-13,20,22H,1-5H3,(H,25,26). The number of fused-ring (bicyclic) bond motifs is 1. The minimum Gasteiger partial charge on any atom is -0.504 e. The summed E-state index contributed by atoms with van der Waals surface area (Å²) in [7, 11) is 1.40. The summed E-state index contributed by atoms with van der Waals surface area (Å²) in [5.74, 6) is -4.16. The number of hydrogen-bond acceptors (Lipinski definition) is 6. The van der Waals surface area contributed by atoms with Crippen molar-refractivity contribution in [3.05, 3.63) is 23.8 Å². The number of ether oxygens (including phenoxy) is 1.